The Morgan fingerprint density at radius 2 is 1.62 bits per heavy atom. The number of phenols is 1. The number of hydrogen-bond donors (Lipinski definition) is 2. The van der Waals surface area contributed by atoms with E-state index >= 15 is 0 Å². The molecular weight excluding hydrogens is 322 g/mol. The summed E-state index contributed by atoms with van der Waals surface area (Å²) in [7, 11) is 0. The lowest BCUT2D eigenvalue weighted by Gasteiger charge is -2.13. The van der Waals surface area contributed by atoms with Crippen molar-refractivity contribution in [3.63, 3.8) is 0 Å². The molecule has 0 aliphatic rings. The molecule has 0 unspecified atom stereocenters. The number of para-hydroxylation sites is 1. The predicted octanol–water partition coefficient (Wildman–Crippen LogP) is 5.11. The molecule has 26 heavy (non-hydrogen) atoms. The van der Waals surface area contributed by atoms with Crippen molar-refractivity contribution in [2.45, 2.75) is 26.3 Å². The molecule has 3 aromatic rings. The average Bonchev–Trinajstić information content (AvgIpc) is 2.67. The molecule has 0 aromatic heterocycles. The molecule has 3 rings (SSSR count). The summed E-state index contributed by atoms with van der Waals surface area (Å²) in [6.45, 7) is 4.39. The Balaban J connectivity index is 1.74. The van der Waals surface area contributed by atoms with E-state index in [0.717, 1.165) is 22.3 Å². The lowest BCUT2D eigenvalue weighted by molar-refractivity contribution is 0.0948. The monoisotopic (exact) mass is 345 g/mol. The van der Waals surface area contributed by atoms with Gasteiger partial charge in [-0.25, -0.2) is 0 Å². The number of rotatable bonds is 5. The topological polar surface area (TPSA) is 49.3 Å². The maximum Gasteiger partial charge on any atom is 0.255 e. The van der Waals surface area contributed by atoms with Gasteiger partial charge in [-0.05, 0) is 40.3 Å². The van der Waals surface area contributed by atoms with Crippen molar-refractivity contribution in [3.8, 4) is 16.9 Å². The van der Waals surface area contributed by atoms with Gasteiger partial charge in [-0.3, -0.25) is 4.79 Å². The van der Waals surface area contributed by atoms with Crippen molar-refractivity contribution >= 4 is 5.91 Å². The second-order valence-electron chi connectivity index (χ2n) is 6.65. The van der Waals surface area contributed by atoms with Gasteiger partial charge in [-0.1, -0.05) is 74.5 Å². The van der Waals surface area contributed by atoms with Crippen molar-refractivity contribution in [1.29, 1.82) is 0 Å². The van der Waals surface area contributed by atoms with Crippen LogP contribution < -0.4 is 5.32 Å². The highest BCUT2D eigenvalue weighted by molar-refractivity contribution is 5.97. The molecule has 3 aromatic carbocycles. The Labute approximate surface area is 154 Å². The molecule has 0 bridgehead atoms. The van der Waals surface area contributed by atoms with E-state index < -0.39 is 0 Å². The van der Waals surface area contributed by atoms with Crippen LogP contribution in [0.25, 0.3) is 11.1 Å². The fraction of sp³-hybridized carbons (Fsp3) is 0.174. The molecule has 0 heterocycles. The number of carbonyl (C=O) groups is 1. The number of carbonyl (C=O) groups excluding carboxylic acids is 1. The first-order valence-corrected chi connectivity index (χ1v) is 8.80. The van der Waals surface area contributed by atoms with E-state index in [4.69, 9.17) is 0 Å². The van der Waals surface area contributed by atoms with Crippen LogP contribution in [-0.4, -0.2) is 11.0 Å². The van der Waals surface area contributed by atoms with Crippen molar-refractivity contribution in [1.82, 2.24) is 5.32 Å². The molecule has 3 nitrogen and oxygen atoms in total. The summed E-state index contributed by atoms with van der Waals surface area (Å²) in [5.74, 6) is -0.0431. The molecule has 0 saturated carbocycles. The molecule has 132 valence electrons. The van der Waals surface area contributed by atoms with Crippen LogP contribution in [-0.2, 0) is 6.54 Å². The van der Waals surface area contributed by atoms with Gasteiger partial charge in [-0.15, -0.1) is 0 Å². The lowest BCUT2D eigenvalue weighted by Crippen LogP contribution is -2.23. The molecule has 0 aliphatic carbocycles. The van der Waals surface area contributed by atoms with E-state index in [0.29, 0.717) is 12.1 Å². The van der Waals surface area contributed by atoms with E-state index in [-0.39, 0.29) is 17.6 Å². The summed E-state index contributed by atoms with van der Waals surface area (Å²) in [6.07, 6.45) is 0. The van der Waals surface area contributed by atoms with Crippen molar-refractivity contribution < 1.29 is 9.90 Å². The summed E-state index contributed by atoms with van der Waals surface area (Å²) in [6, 6.07) is 23.5. The van der Waals surface area contributed by atoms with E-state index in [9.17, 15) is 9.90 Å². The smallest absolute Gasteiger partial charge is 0.255 e. The van der Waals surface area contributed by atoms with Crippen LogP contribution in [0.3, 0.4) is 0 Å². The Bertz CT molecular complexity index is 901. The number of hydrogen-bond acceptors (Lipinski definition) is 2. The molecule has 1 amide bonds. The van der Waals surface area contributed by atoms with Crippen LogP contribution in [0, 0.1) is 0 Å². The van der Waals surface area contributed by atoms with Crippen LogP contribution in [0.1, 0.15) is 41.3 Å². The predicted molar refractivity (Wildman–Crippen MR) is 105 cm³/mol. The van der Waals surface area contributed by atoms with Gasteiger partial charge in [-0.2, -0.15) is 0 Å². The first-order valence-electron chi connectivity index (χ1n) is 8.80. The minimum atomic E-state index is -0.268. The highest BCUT2D eigenvalue weighted by Gasteiger charge is 2.15. The second-order valence-corrected chi connectivity index (χ2v) is 6.65. The van der Waals surface area contributed by atoms with Crippen LogP contribution in [0.2, 0.25) is 0 Å². The summed E-state index contributed by atoms with van der Waals surface area (Å²) in [4.78, 5) is 12.5. The van der Waals surface area contributed by atoms with Crippen LogP contribution in [0.15, 0.2) is 72.8 Å². The van der Waals surface area contributed by atoms with Crippen molar-refractivity contribution in [2.24, 2.45) is 0 Å². The SMILES string of the molecule is CC(C)c1cccc(C(=O)NCc2cccc(-c3ccccc3)c2)c1O. The molecule has 0 radical (unpaired) electrons. The van der Waals surface area contributed by atoms with Gasteiger partial charge >= 0.3 is 0 Å². The highest BCUT2D eigenvalue weighted by atomic mass is 16.3. The maximum atomic E-state index is 12.5. The fourth-order valence-electron chi connectivity index (χ4n) is 2.98. The van der Waals surface area contributed by atoms with Gasteiger partial charge in [0.25, 0.3) is 5.91 Å². The minimum Gasteiger partial charge on any atom is -0.507 e. The zero-order valence-corrected chi connectivity index (χ0v) is 15.1. The number of nitrogens with one attached hydrogen (secondary N) is 1. The Kier molecular flexibility index (Phi) is 5.37. The molecule has 3 heteroatoms. The van der Waals surface area contributed by atoms with Crippen molar-refractivity contribution in [3.05, 3.63) is 89.5 Å². The molecule has 0 aliphatic heterocycles. The van der Waals surface area contributed by atoms with E-state index in [1.165, 1.54) is 0 Å². The number of benzene rings is 3. The molecule has 0 saturated heterocycles. The third-order valence-corrected chi connectivity index (χ3v) is 4.42. The highest BCUT2D eigenvalue weighted by Crippen LogP contribution is 2.28. The quantitative estimate of drug-likeness (QED) is 0.675. The van der Waals surface area contributed by atoms with E-state index in [2.05, 4.69) is 29.6 Å². The lowest BCUT2D eigenvalue weighted by atomic mass is 9.99. The third-order valence-electron chi connectivity index (χ3n) is 4.42. The zero-order valence-electron chi connectivity index (χ0n) is 15.1. The Morgan fingerprint density at radius 3 is 2.35 bits per heavy atom. The van der Waals surface area contributed by atoms with E-state index in [1.807, 2.05) is 50.2 Å². The summed E-state index contributed by atoms with van der Waals surface area (Å²) >= 11 is 0. The number of phenolic OH excluding ortho intramolecular Hbond substituents is 1. The summed E-state index contributed by atoms with van der Waals surface area (Å²) in [5, 5.41) is 13.3. The number of amides is 1. The Morgan fingerprint density at radius 1 is 0.923 bits per heavy atom. The van der Waals surface area contributed by atoms with Crippen LogP contribution in [0.5, 0.6) is 5.75 Å². The van der Waals surface area contributed by atoms with Gasteiger partial charge in [0.2, 0.25) is 0 Å². The second kappa shape index (κ2) is 7.87. The zero-order chi connectivity index (χ0) is 18.5. The van der Waals surface area contributed by atoms with Crippen LogP contribution >= 0.6 is 0 Å². The average molecular weight is 345 g/mol. The first kappa shape index (κ1) is 17.7. The molecule has 0 spiro atoms. The van der Waals surface area contributed by atoms with Gasteiger partial charge in [0.15, 0.2) is 0 Å². The molecule has 2 N–H and O–H groups in total. The van der Waals surface area contributed by atoms with Crippen molar-refractivity contribution in [2.75, 3.05) is 0 Å². The van der Waals surface area contributed by atoms with Gasteiger partial charge < -0.3 is 10.4 Å². The largest absolute Gasteiger partial charge is 0.507 e. The molecule has 0 atom stereocenters. The van der Waals surface area contributed by atoms with Gasteiger partial charge in [0, 0.05) is 6.54 Å². The summed E-state index contributed by atoms with van der Waals surface area (Å²) in [5.41, 5.74) is 4.36. The standard InChI is InChI=1S/C23H23NO2/c1-16(2)20-12-7-13-21(22(20)25)23(26)24-15-17-8-6-11-19(14-17)18-9-4-3-5-10-18/h3-14,16,25H,15H2,1-2H3,(H,24,26). The maximum absolute atomic E-state index is 12.5. The minimum absolute atomic E-state index is 0.0676. The fourth-order valence-corrected chi connectivity index (χ4v) is 2.98. The third kappa shape index (κ3) is 3.94. The first-order chi connectivity index (χ1) is 12.6. The molecular formula is C23H23NO2. The molecule has 0 fully saturated rings. The van der Waals surface area contributed by atoms with E-state index in [1.54, 1.807) is 12.1 Å². The summed E-state index contributed by atoms with van der Waals surface area (Å²) < 4.78 is 0. The normalized spacial score (nSPS) is 10.7. The number of aromatic hydroxyl groups is 1. The van der Waals surface area contributed by atoms with Gasteiger partial charge in [0.05, 0.1) is 5.56 Å². The van der Waals surface area contributed by atoms with Gasteiger partial charge in [0.1, 0.15) is 5.75 Å². The Hall–Kier alpha value is -3.07. The van der Waals surface area contributed by atoms with Crippen LogP contribution in [0.4, 0.5) is 0 Å².